The van der Waals surface area contributed by atoms with E-state index < -0.39 is 22.7 Å². The van der Waals surface area contributed by atoms with E-state index in [4.69, 9.17) is 11.6 Å². The second kappa shape index (κ2) is 9.12. The van der Waals surface area contributed by atoms with Crippen LogP contribution < -0.4 is 10.6 Å². The summed E-state index contributed by atoms with van der Waals surface area (Å²) in [5.74, 6) is -1.46. The van der Waals surface area contributed by atoms with Crippen molar-refractivity contribution in [2.45, 2.75) is 18.5 Å². The van der Waals surface area contributed by atoms with Crippen molar-refractivity contribution in [2.75, 3.05) is 11.1 Å². The molecule has 0 spiro atoms. The Balaban J connectivity index is 1.72. The normalized spacial score (nSPS) is 16.8. The van der Waals surface area contributed by atoms with Crippen LogP contribution in [0.5, 0.6) is 0 Å². The second-order valence-corrected chi connectivity index (χ2v) is 8.58. The monoisotopic (exact) mass is 471 g/mol. The molecule has 156 valence electrons. The zero-order valence-electron chi connectivity index (χ0n) is 15.0. The highest BCUT2D eigenvalue weighted by Gasteiger charge is 2.34. The molecule has 0 bridgehead atoms. The van der Waals surface area contributed by atoms with Crippen molar-refractivity contribution < 1.29 is 22.8 Å². The predicted octanol–water partition coefficient (Wildman–Crippen LogP) is 5.13. The fourth-order valence-corrected chi connectivity index (χ4v) is 4.76. The van der Waals surface area contributed by atoms with Gasteiger partial charge in [-0.15, -0.1) is 11.3 Å². The van der Waals surface area contributed by atoms with Crippen LogP contribution in [0.3, 0.4) is 0 Å². The Kier molecular flexibility index (Phi) is 6.75. The number of carbonyl (C=O) groups is 2. The maximum absolute atomic E-state index is 13.0. The number of thioether (sulfide) groups is 1. The van der Waals surface area contributed by atoms with Gasteiger partial charge >= 0.3 is 6.18 Å². The molecule has 0 saturated carbocycles. The molecule has 30 heavy (non-hydrogen) atoms. The molecule has 0 saturated heterocycles. The Labute approximate surface area is 182 Å². The lowest BCUT2D eigenvalue weighted by Crippen LogP contribution is -2.31. The van der Waals surface area contributed by atoms with Gasteiger partial charge in [0, 0.05) is 22.9 Å². The van der Waals surface area contributed by atoms with Crippen LogP contribution in [0, 0.1) is 11.3 Å². The van der Waals surface area contributed by atoms with E-state index in [9.17, 15) is 28.0 Å². The van der Waals surface area contributed by atoms with E-state index in [1.54, 1.807) is 0 Å². The van der Waals surface area contributed by atoms with Crippen LogP contribution in [0.1, 0.15) is 22.8 Å². The van der Waals surface area contributed by atoms with Gasteiger partial charge in [0.1, 0.15) is 0 Å². The molecule has 11 heteroatoms. The molecule has 2 heterocycles. The summed E-state index contributed by atoms with van der Waals surface area (Å²) in [6.07, 6.45) is -4.52. The summed E-state index contributed by atoms with van der Waals surface area (Å²) in [6.45, 7) is 0. The molecule has 1 atom stereocenters. The number of amides is 2. The van der Waals surface area contributed by atoms with Gasteiger partial charge in [-0.3, -0.25) is 9.59 Å². The Morgan fingerprint density at radius 2 is 2.17 bits per heavy atom. The SMILES string of the molecule is N#CC1=C(SCC(=O)Nc2ccc(Cl)c(C(F)(F)F)c2)NC(=O)C[C@@H]1c1cccs1. The summed E-state index contributed by atoms with van der Waals surface area (Å²) < 4.78 is 38.9. The number of benzene rings is 1. The first-order chi connectivity index (χ1) is 14.2. The lowest BCUT2D eigenvalue weighted by atomic mass is 9.93. The fourth-order valence-electron chi connectivity index (χ4n) is 2.82. The number of hydrogen-bond donors (Lipinski definition) is 2. The third kappa shape index (κ3) is 5.16. The minimum Gasteiger partial charge on any atom is -0.325 e. The Morgan fingerprint density at radius 1 is 1.40 bits per heavy atom. The van der Waals surface area contributed by atoms with E-state index in [1.807, 2.05) is 17.5 Å². The number of allylic oxidation sites excluding steroid dienone is 1. The van der Waals surface area contributed by atoms with Gasteiger partial charge in [-0.1, -0.05) is 29.4 Å². The molecule has 0 unspecified atom stereocenters. The number of nitrogens with one attached hydrogen (secondary N) is 2. The topological polar surface area (TPSA) is 82.0 Å². The molecule has 1 aromatic heterocycles. The van der Waals surface area contributed by atoms with Crippen molar-refractivity contribution in [2.24, 2.45) is 0 Å². The first-order valence-corrected chi connectivity index (χ1v) is 10.7. The number of carbonyl (C=O) groups excluding carboxylic acids is 2. The van der Waals surface area contributed by atoms with Crippen molar-refractivity contribution in [3.63, 3.8) is 0 Å². The Bertz CT molecular complexity index is 1050. The van der Waals surface area contributed by atoms with Crippen LogP contribution in [-0.2, 0) is 15.8 Å². The van der Waals surface area contributed by atoms with Gasteiger partial charge in [-0.2, -0.15) is 18.4 Å². The number of nitrogens with zero attached hydrogens (tertiary/aromatic N) is 1. The number of thiophene rings is 1. The number of nitriles is 1. The molecule has 1 aliphatic rings. The standard InChI is InChI=1S/C19H13ClF3N3O2S2/c20-14-4-3-10(6-13(14)19(21,22)23)25-17(28)9-30-18-12(8-24)11(7-16(27)26-18)15-2-1-5-29-15/h1-6,11H,7,9H2,(H,25,28)(H,26,27)/t11-/m0/s1. The third-order valence-electron chi connectivity index (χ3n) is 4.15. The minimum atomic E-state index is -4.65. The quantitative estimate of drug-likeness (QED) is 0.633. The maximum Gasteiger partial charge on any atom is 0.417 e. The molecule has 0 fully saturated rings. The lowest BCUT2D eigenvalue weighted by Gasteiger charge is -2.23. The average Bonchev–Trinajstić information content (AvgIpc) is 3.21. The van der Waals surface area contributed by atoms with E-state index in [-0.39, 0.29) is 34.7 Å². The van der Waals surface area contributed by atoms with Crippen LogP contribution in [0.15, 0.2) is 46.3 Å². The average molecular weight is 472 g/mol. The molecule has 2 N–H and O–H groups in total. The van der Waals surface area contributed by atoms with Crippen molar-refractivity contribution in [1.29, 1.82) is 5.26 Å². The van der Waals surface area contributed by atoms with Crippen LogP contribution in [0.25, 0.3) is 0 Å². The summed E-state index contributed by atoms with van der Waals surface area (Å²) in [5, 5.41) is 16.2. The lowest BCUT2D eigenvalue weighted by molar-refractivity contribution is -0.137. The van der Waals surface area contributed by atoms with Crippen LogP contribution in [0.4, 0.5) is 18.9 Å². The fraction of sp³-hybridized carbons (Fsp3) is 0.211. The highest BCUT2D eigenvalue weighted by molar-refractivity contribution is 8.03. The molecule has 0 radical (unpaired) electrons. The zero-order valence-corrected chi connectivity index (χ0v) is 17.4. The van der Waals surface area contributed by atoms with Gasteiger partial charge in [-0.25, -0.2) is 0 Å². The first kappa shape index (κ1) is 22.2. The van der Waals surface area contributed by atoms with Crippen molar-refractivity contribution in [3.8, 4) is 6.07 Å². The molecule has 1 aliphatic heterocycles. The summed E-state index contributed by atoms with van der Waals surface area (Å²) in [7, 11) is 0. The molecule has 0 aliphatic carbocycles. The molecule has 3 rings (SSSR count). The molecule has 1 aromatic carbocycles. The summed E-state index contributed by atoms with van der Waals surface area (Å²) in [6, 6.07) is 8.81. The highest BCUT2D eigenvalue weighted by Crippen LogP contribution is 2.38. The van der Waals surface area contributed by atoms with Gasteiger partial charge < -0.3 is 10.6 Å². The Morgan fingerprint density at radius 3 is 2.80 bits per heavy atom. The van der Waals surface area contributed by atoms with E-state index in [1.165, 1.54) is 17.4 Å². The van der Waals surface area contributed by atoms with E-state index in [0.29, 0.717) is 5.57 Å². The number of anilines is 1. The second-order valence-electron chi connectivity index (χ2n) is 6.20. The molecule has 2 amide bonds. The smallest absolute Gasteiger partial charge is 0.325 e. The van der Waals surface area contributed by atoms with Crippen LogP contribution in [0.2, 0.25) is 5.02 Å². The van der Waals surface area contributed by atoms with Crippen LogP contribution >= 0.6 is 34.7 Å². The summed E-state index contributed by atoms with van der Waals surface area (Å²) in [4.78, 5) is 25.1. The number of alkyl halides is 3. The minimum absolute atomic E-state index is 0.0593. The zero-order chi connectivity index (χ0) is 21.9. The van der Waals surface area contributed by atoms with Crippen LogP contribution in [-0.4, -0.2) is 17.6 Å². The van der Waals surface area contributed by atoms with Gasteiger partial charge in [0.05, 0.1) is 33.0 Å². The predicted molar refractivity (Wildman–Crippen MR) is 110 cm³/mol. The van der Waals surface area contributed by atoms with Gasteiger partial charge in [0.15, 0.2) is 0 Å². The summed E-state index contributed by atoms with van der Waals surface area (Å²) in [5.41, 5.74) is -0.765. The molecular weight excluding hydrogens is 459 g/mol. The largest absolute Gasteiger partial charge is 0.417 e. The molecule has 2 aromatic rings. The van der Waals surface area contributed by atoms with Gasteiger partial charge in [-0.05, 0) is 29.6 Å². The number of rotatable bonds is 5. The molecular formula is C19H13ClF3N3O2S2. The van der Waals surface area contributed by atoms with E-state index in [2.05, 4.69) is 16.7 Å². The van der Waals surface area contributed by atoms with E-state index >= 15 is 0 Å². The number of halogens is 4. The van der Waals surface area contributed by atoms with Crippen molar-refractivity contribution in [1.82, 2.24) is 5.32 Å². The van der Waals surface area contributed by atoms with E-state index in [0.717, 1.165) is 28.8 Å². The summed E-state index contributed by atoms with van der Waals surface area (Å²) >= 11 is 7.94. The Hall–Kier alpha value is -2.48. The van der Waals surface area contributed by atoms with Crippen molar-refractivity contribution in [3.05, 3.63) is 61.8 Å². The first-order valence-electron chi connectivity index (χ1n) is 8.46. The maximum atomic E-state index is 13.0. The third-order valence-corrected chi connectivity index (χ3v) is 6.48. The van der Waals surface area contributed by atoms with Gasteiger partial charge in [0.25, 0.3) is 0 Å². The van der Waals surface area contributed by atoms with Gasteiger partial charge in [0.2, 0.25) is 11.8 Å². The van der Waals surface area contributed by atoms with Crippen molar-refractivity contribution >= 4 is 52.2 Å². The highest BCUT2D eigenvalue weighted by atomic mass is 35.5. The number of hydrogen-bond acceptors (Lipinski definition) is 5. The molecule has 5 nitrogen and oxygen atoms in total.